The number of aromatic nitrogens is 1. The van der Waals surface area contributed by atoms with Crippen LogP contribution in [0.15, 0.2) is 42.6 Å². The summed E-state index contributed by atoms with van der Waals surface area (Å²) in [6.45, 7) is 4.44. The second-order valence-corrected chi connectivity index (χ2v) is 10.7. The number of fused-ring (bicyclic) bond motifs is 1. The smallest absolute Gasteiger partial charge is 0.317 e. The first-order valence-electron chi connectivity index (χ1n) is 13.7. The van der Waals surface area contributed by atoms with Gasteiger partial charge in [-0.25, -0.2) is 9.78 Å². The van der Waals surface area contributed by atoms with Crippen LogP contribution in [0.3, 0.4) is 0 Å². The van der Waals surface area contributed by atoms with Gasteiger partial charge in [-0.15, -0.1) is 0 Å². The van der Waals surface area contributed by atoms with Gasteiger partial charge in [0.2, 0.25) is 5.88 Å². The zero-order valence-electron chi connectivity index (χ0n) is 22.7. The minimum Gasteiger partial charge on any atom is -0.472 e. The number of aliphatic hydroxyl groups is 1. The lowest BCUT2D eigenvalue weighted by molar-refractivity contribution is 0.0351. The van der Waals surface area contributed by atoms with Gasteiger partial charge in [0, 0.05) is 31.7 Å². The van der Waals surface area contributed by atoms with Gasteiger partial charge >= 0.3 is 6.03 Å². The van der Waals surface area contributed by atoms with Gasteiger partial charge in [0.1, 0.15) is 11.7 Å². The van der Waals surface area contributed by atoms with Gasteiger partial charge in [-0.1, -0.05) is 68.7 Å². The van der Waals surface area contributed by atoms with E-state index in [4.69, 9.17) is 4.74 Å². The number of ether oxygens (including phenoxy) is 1. The van der Waals surface area contributed by atoms with Gasteiger partial charge in [0.15, 0.2) is 0 Å². The number of nitrogens with one attached hydrogen (secondary N) is 1. The first-order chi connectivity index (χ1) is 18.4. The standard InChI is InChI=1S/C30H40N4O4/c1-21-18-34(22(2)20-35)29(36)26-16-24(15-14-23-10-6-4-7-11-23)17-31-28(26)38-27(21)19-33(3)30(37)32-25-12-8-5-9-13-25/h4,6-7,10-11,14-17,21-22,25,27,35H,5,8-9,12-13,18-20H2,1-3H3,(H,32,37)/t21-,22-,27-/m0/s1. The molecule has 0 radical (unpaired) electrons. The van der Waals surface area contributed by atoms with Crippen LogP contribution in [-0.4, -0.2) is 76.8 Å². The fraction of sp³-hybridized carbons (Fsp3) is 0.500. The quantitative estimate of drug-likeness (QED) is 0.563. The van der Waals surface area contributed by atoms with Crippen molar-refractivity contribution in [3.8, 4) is 5.88 Å². The molecule has 8 nitrogen and oxygen atoms in total. The van der Waals surface area contributed by atoms with Crippen molar-refractivity contribution in [2.75, 3.05) is 26.7 Å². The average Bonchev–Trinajstić information content (AvgIpc) is 2.94. The molecule has 2 aliphatic rings. The fourth-order valence-corrected chi connectivity index (χ4v) is 5.07. The van der Waals surface area contributed by atoms with Crippen LogP contribution >= 0.6 is 0 Å². The van der Waals surface area contributed by atoms with Crippen molar-refractivity contribution in [2.24, 2.45) is 5.92 Å². The summed E-state index contributed by atoms with van der Waals surface area (Å²) in [7, 11) is 1.78. The molecule has 0 bridgehead atoms. The molecule has 4 rings (SSSR count). The number of amides is 3. The lowest BCUT2D eigenvalue weighted by Crippen LogP contribution is -2.52. The van der Waals surface area contributed by atoms with Gasteiger partial charge in [-0.2, -0.15) is 0 Å². The van der Waals surface area contributed by atoms with Crippen LogP contribution in [0.4, 0.5) is 4.79 Å². The Hall–Kier alpha value is -3.39. The molecule has 2 N–H and O–H groups in total. The van der Waals surface area contributed by atoms with Crippen molar-refractivity contribution in [1.82, 2.24) is 20.1 Å². The average molecular weight is 521 g/mol. The lowest BCUT2D eigenvalue weighted by Gasteiger charge is -2.38. The number of urea groups is 1. The molecule has 1 aliphatic heterocycles. The molecule has 1 saturated carbocycles. The maximum absolute atomic E-state index is 13.6. The number of benzene rings is 1. The molecule has 3 amide bonds. The molecule has 1 aromatic heterocycles. The highest BCUT2D eigenvalue weighted by atomic mass is 16.5. The number of carbonyl (C=O) groups excluding carboxylic acids is 2. The third-order valence-corrected chi connectivity index (χ3v) is 7.54. The zero-order chi connectivity index (χ0) is 27.1. The summed E-state index contributed by atoms with van der Waals surface area (Å²) >= 11 is 0. The summed E-state index contributed by atoms with van der Waals surface area (Å²) in [6.07, 6.45) is 10.8. The van der Waals surface area contributed by atoms with E-state index in [0.29, 0.717) is 18.7 Å². The molecule has 0 unspecified atom stereocenters. The minimum absolute atomic E-state index is 0.0921. The first kappa shape index (κ1) is 27.6. The molecular formula is C30H40N4O4. The maximum atomic E-state index is 13.6. The molecule has 8 heteroatoms. The number of likely N-dealkylation sites (N-methyl/N-ethyl adjacent to an activating group) is 1. The monoisotopic (exact) mass is 520 g/mol. The van der Waals surface area contributed by atoms with E-state index in [0.717, 1.165) is 36.8 Å². The van der Waals surface area contributed by atoms with Crippen molar-refractivity contribution in [1.29, 1.82) is 0 Å². The summed E-state index contributed by atoms with van der Waals surface area (Å²) in [5.41, 5.74) is 2.17. The van der Waals surface area contributed by atoms with Crippen molar-refractivity contribution in [3.05, 3.63) is 59.3 Å². The van der Waals surface area contributed by atoms with Gasteiger partial charge in [-0.3, -0.25) is 4.79 Å². The zero-order valence-corrected chi connectivity index (χ0v) is 22.7. The summed E-state index contributed by atoms with van der Waals surface area (Å²) in [5.74, 6) is -0.0668. The molecule has 2 aromatic rings. The van der Waals surface area contributed by atoms with E-state index in [2.05, 4.69) is 10.3 Å². The van der Waals surface area contributed by atoms with E-state index in [9.17, 15) is 14.7 Å². The van der Waals surface area contributed by atoms with Gasteiger partial charge in [-0.05, 0) is 37.0 Å². The Kier molecular flexibility index (Phi) is 9.39. The third-order valence-electron chi connectivity index (χ3n) is 7.54. The normalized spacial score (nSPS) is 21.3. The summed E-state index contributed by atoms with van der Waals surface area (Å²) < 4.78 is 6.34. The van der Waals surface area contributed by atoms with Gasteiger partial charge in [0.25, 0.3) is 5.91 Å². The second-order valence-electron chi connectivity index (χ2n) is 10.7. The van der Waals surface area contributed by atoms with Crippen molar-refractivity contribution < 1.29 is 19.4 Å². The number of carbonyl (C=O) groups is 2. The molecule has 2 heterocycles. The second kappa shape index (κ2) is 12.9. The van der Waals surface area contributed by atoms with E-state index in [1.54, 1.807) is 29.1 Å². The number of rotatable bonds is 7. The molecule has 1 fully saturated rings. The number of nitrogens with zero attached hydrogens (tertiary/aromatic N) is 3. The Bertz CT molecular complexity index is 1120. The van der Waals surface area contributed by atoms with Crippen LogP contribution in [-0.2, 0) is 0 Å². The number of pyridine rings is 1. The van der Waals surface area contributed by atoms with Crippen LogP contribution in [0.2, 0.25) is 0 Å². The van der Waals surface area contributed by atoms with E-state index >= 15 is 0 Å². The van der Waals surface area contributed by atoms with Crippen LogP contribution in [0.25, 0.3) is 12.2 Å². The SMILES string of the molecule is C[C@H]1CN([C@@H](C)CO)C(=O)c2cc(C=Cc3ccccc3)cnc2O[C@H]1CN(C)C(=O)NC1CCCCC1. The van der Waals surface area contributed by atoms with Crippen molar-refractivity contribution >= 4 is 24.1 Å². The van der Waals surface area contributed by atoms with E-state index in [1.165, 1.54) is 6.42 Å². The van der Waals surface area contributed by atoms with Gasteiger partial charge < -0.3 is 25.0 Å². The maximum Gasteiger partial charge on any atom is 0.317 e. The highest BCUT2D eigenvalue weighted by molar-refractivity contribution is 5.97. The summed E-state index contributed by atoms with van der Waals surface area (Å²) in [5, 5.41) is 13.1. The van der Waals surface area contributed by atoms with Crippen molar-refractivity contribution in [2.45, 2.75) is 64.1 Å². The predicted octanol–water partition coefficient (Wildman–Crippen LogP) is 4.45. The van der Waals surface area contributed by atoms with Crippen LogP contribution < -0.4 is 10.1 Å². The topological polar surface area (TPSA) is 95.0 Å². The number of aliphatic hydroxyl groups excluding tert-OH is 1. The van der Waals surface area contributed by atoms with E-state index in [1.807, 2.05) is 56.3 Å². The molecule has 204 valence electrons. The highest BCUT2D eigenvalue weighted by Crippen LogP contribution is 2.28. The van der Waals surface area contributed by atoms with E-state index < -0.39 is 0 Å². The fourth-order valence-electron chi connectivity index (χ4n) is 5.07. The number of hydrogen-bond acceptors (Lipinski definition) is 5. The largest absolute Gasteiger partial charge is 0.472 e. The Morgan fingerprint density at radius 1 is 1.21 bits per heavy atom. The van der Waals surface area contributed by atoms with E-state index in [-0.39, 0.29) is 48.5 Å². The van der Waals surface area contributed by atoms with Crippen LogP contribution in [0, 0.1) is 5.92 Å². The summed E-state index contributed by atoms with van der Waals surface area (Å²) in [4.78, 5) is 34.4. The molecule has 38 heavy (non-hydrogen) atoms. The molecule has 1 aromatic carbocycles. The Balaban J connectivity index is 1.56. The van der Waals surface area contributed by atoms with Crippen LogP contribution in [0.1, 0.15) is 67.4 Å². The molecular weight excluding hydrogens is 480 g/mol. The summed E-state index contributed by atoms with van der Waals surface area (Å²) in [6, 6.07) is 11.4. The Morgan fingerprint density at radius 3 is 2.63 bits per heavy atom. The minimum atomic E-state index is -0.379. The highest BCUT2D eigenvalue weighted by Gasteiger charge is 2.35. The molecule has 0 spiro atoms. The third kappa shape index (κ3) is 6.92. The predicted molar refractivity (Wildman–Crippen MR) is 149 cm³/mol. The molecule has 0 saturated heterocycles. The van der Waals surface area contributed by atoms with Crippen molar-refractivity contribution in [3.63, 3.8) is 0 Å². The number of hydrogen-bond donors (Lipinski definition) is 2. The molecule has 1 aliphatic carbocycles. The Morgan fingerprint density at radius 2 is 1.92 bits per heavy atom. The lowest BCUT2D eigenvalue weighted by atomic mass is 9.96. The molecule has 3 atom stereocenters. The van der Waals surface area contributed by atoms with Crippen LogP contribution in [0.5, 0.6) is 5.88 Å². The Labute approximate surface area is 225 Å². The first-order valence-corrected chi connectivity index (χ1v) is 13.7. The van der Waals surface area contributed by atoms with Gasteiger partial charge in [0.05, 0.1) is 19.2 Å².